The molecular formula is C18H17N3O5S2. The summed E-state index contributed by atoms with van der Waals surface area (Å²) in [5, 5.41) is 13.5. The van der Waals surface area contributed by atoms with E-state index in [1.165, 1.54) is 30.4 Å². The Kier molecular flexibility index (Phi) is 7.36. The van der Waals surface area contributed by atoms with Crippen LogP contribution in [0.5, 0.6) is 0 Å². The van der Waals surface area contributed by atoms with Crippen molar-refractivity contribution in [3.05, 3.63) is 67.5 Å². The van der Waals surface area contributed by atoms with E-state index in [2.05, 4.69) is 11.9 Å². The number of esters is 1. The molecule has 0 bridgehead atoms. The Balaban J connectivity index is 2.28. The second-order valence-corrected chi connectivity index (χ2v) is 6.98. The van der Waals surface area contributed by atoms with Crippen molar-refractivity contribution in [2.75, 3.05) is 11.9 Å². The number of anilines is 1. The van der Waals surface area contributed by atoms with Gasteiger partial charge in [0.25, 0.3) is 5.69 Å². The number of nitrogens with one attached hydrogen (secondary N) is 1. The first-order valence-electron chi connectivity index (χ1n) is 8.12. The van der Waals surface area contributed by atoms with Crippen LogP contribution in [0.2, 0.25) is 0 Å². The molecule has 1 aromatic carbocycles. The minimum absolute atomic E-state index is 0.0791. The molecule has 28 heavy (non-hydrogen) atoms. The normalized spacial score (nSPS) is 10.6. The fourth-order valence-electron chi connectivity index (χ4n) is 2.23. The number of nitrogens with zero attached hydrogens (tertiary/aromatic N) is 2. The predicted molar refractivity (Wildman–Crippen MR) is 110 cm³/mol. The third kappa shape index (κ3) is 5.21. The minimum atomic E-state index is -0.584. The van der Waals surface area contributed by atoms with Gasteiger partial charge in [-0.15, -0.1) is 6.58 Å². The standard InChI is InChI=1S/C18H17N3O5S2/c1-3-10-20-16(15(28-18(20)27)17(23)26-4-2)19-14(22)9-8-12-6-5-7-13(11-12)21(24)25/h3,5-9,11H,1,4,10H2,2H3,(H,19,22). The molecule has 10 heteroatoms. The Morgan fingerprint density at radius 2 is 2.21 bits per heavy atom. The topological polar surface area (TPSA) is 103 Å². The number of nitro groups is 1. The van der Waals surface area contributed by atoms with Crippen LogP contribution in [0.3, 0.4) is 0 Å². The second kappa shape index (κ2) is 9.72. The smallest absolute Gasteiger partial charge is 0.352 e. The van der Waals surface area contributed by atoms with Crippen molar-refractivity contribution in [2.24, 2.45) is 0 Å². The molecule has 1 heterocycles. The van der Waals surface area contributed by atoms with Crippen molar-refractivity contribution in [1.82, 2.24) is 4.57 Å². The molecule has 0 unspecified atom stereocenters. The van der Waals surface area contributed by atoms with E-state index in [0.29, 0.717) is 16.1 Å². The number of aromatic nitrogens is 1. The van der Waals surface area contributed by atoms with Crippen molar-refractivity contribution in [2.45, 2.75) is 13.5 Å². The fourth-order valence-corrected chi connectivity index (χ4v) is 3.50. The number of carbonyl (C=O) groups is 2. The van der Waals surface area contributed by atoms with E-state index in [1.807, 2.05) is 0 Å². The van der Waals surface area contributed by atoms with E-state index in [4.69, 9.17) is 17.0 Å². The number of ether oxygens (including phenoxy) is 1. The number of thiazole rings is 1. The van der Waals surface area contributed by atoms with Gasteiger partial charge in [0.05, 0.1) is 11.5 Å². The largest absolute Gasteiger partial charge is 0.462 e. The van der Waals surface area contributed by atoms with Crippen LogP contribution in [-0.4, -0.2) is 28.0 Å². The van der Waals surface area contributed by atoms with Crippen LogP contribution in [0.4, 0.5) is 11.5 Å². The molecule has 1 amide bonds. The minimum Gasteiger partial charge on any atom is -0.462 e. The number of hydrogen-bond donors (Lipinski definition) is 1. The summed E-state index contributed by atoms with van der Waals surface area (Å²) in [6.45, 7) is 5.81. The van der Waals surface area contributed by atoms with Gasteiger partial charge in [-0.1, -0.05) is 29.5 Å². The monoisotopic (exact) mass is 419 g/mol. The van der Waals surface area contributed by atoms with Crippen LogP contribution in [0.15, 0.2) is 43.0 Å². The summed E-state index contributed by atoms with van der Waals surface area (Å²) >= 11 is 6.29. The van der Waals surface area contributed by atoms with Gasteiger partial charge in [-0.05, 0) is 30.8 Å². The Morgan fingerprint density at radius 1 is 1.46 bits per heavy atom. The summed E-state index contributed by atoms with van der Waals surface area (Å²) in [5.74, 6) is -0.885. The van der Waals surface area contributed by atoms with Crippen LogP contribution < -0.4 is 5.32 Å². The van der Waals surface area contributed by atoms with Gasteiger partial charge >= 0.3 is 5.97 Å². The first kappa shape index (κ1) is 21.2. The molecule has 0 aliphatic carbocycles. The Hall–Kier alpha value is -3.11. The lowest BCUT2D eigenvalue weighted by Gasteiger charge is -2.09. The predicted octanol–water partition coefficient (Wildman–Crippen LogP) is 4.20. The number of benzene rings is 1. The van der Waals surface area contributed by atoms with Crippen LogP contribution in [0.25, 0.3) is 6.08 Å². The van der Waals surface area contributed by atoms with E-state index >= 15 is 0 Å². The maximum atomic E-state index is 12.4. The molecule has 0 atom stereocenters. The molecule has 2 rings (SSSR count). The maximum Gasteiger partial charge on any atom is 0.352 e. The Morgan fingerprint density at radius 3 is 2.86 bits per heavy atom. The molecule has 0 saturated heterocycles. The van der Waals surface area contributed by atoms with Gasteiger partial charge in [0, 0.05) is 24.8 Å². The van der Waals surface area contributed by atoms with Crippen LogP contribution >= 0.6 is 23.6 Å². The van der Waals surface area contributed by atoms with E-state index in [-0.39, 0.29) is 23.0 Å². The first-order valence-corrected chi connectivity index (χ1v) is 9.35. The van der Waals surface area contributed by atoms with Gasteiger partial charge < -0.3 is 14.6 Å². The van der Waals surface area contributed by atoms with Gasteiger partial charge in [0.2, 0.25) is 5.91 Å². The fraction of sp³-hybridized carbons (Fsp3) is 0.167. The van der Waals surface area contributed by atoms with Crippen molar-refractivity contribution in [3.63, 3.8) is 0 Å². The Labute approximate surface area is 169 Å². The molecule has 0 aliphatic rings. The quantitative estimate of drug-likeness (QED) is 0.172. The molecule has 0 radical (unpaired) electrons. The van der Waals surface area contributed by atoms with Crippen LogP contribution in [0.1, 0.15) is 22.2 Å². The summed E-state index contributed by atoms with van der Waals surface area (Å²) in [6.07, 6.45) is 4.24. The van der Waals surface area contributed by atoms with Crippen molar-refractivity contribution in [1.29, 1.82) is 0 Å². The highest BCUT2D eigenvalue weighted by Gasteiger charge is 2.21. The summed E-state index contributed by atoms with van der Waals surface area (Å²) < 4.78 is 6.97. The molecule has 0 spiro atoms. The zero-order valence-corrected chi connectivity index (χ0v) is 16.5. The van der Waals surface area contributed by atoms with Gasteiger partial charge in [-0.25, -0.2) is 4.79 Å². The molecular weight excluding hydrogens is 402 g/mol. The molecule has 0 saturated carbocycles. The second-order valence-electron chi connectivity index (χ2n) is 5.34. The number of carbonyl (C=O) groups excluding carboxylic acids is 2. The molecule has 0 aliphatic heterocycles. The van der Waals surface area contributed by atoms with Crippen LogP contribution in [-0.2, 0) is 16.1 Å². The number of allylic oxidation sites excluding steroid dienone is 1. The highest BCUT2D eigenvalue weighted by Crippen LogP contribution is 2.26. The number of hydrogen-bond acceptors (Lipinski definition) is 7. The highest BCUT2D eigenvalue weighted by atomic mass is 32.1. The molecule has 0 fully saturated rings. The van der Waals surface area contributed by atoms with Crippen molar-refractivity contribution < 1.29 is 19.2 Å². The lowest BCUT2D eigenvalue weighted by molar-refractivity contribution is -0.384. The van der Waals surface area contributed by atoms with Gasteiger partial charge in [0.1, 0.15) is 5.82 Å². The zero-order valence-electron chi connectivity index (χ0n) is 14.9. The molecule has 1 aromatic heterocycles. The number of amides is 1. The summed E-state index contributed by atoms with van der Waals surface area (Å²) in [4.78, 5) is 35.0. The average Bonchev–Trinajstić information content (AvgIpc) is 2.97. The van der Waals surface area contributed by atoms with Crippen molar-refractivity contribution in [3.8, 4) is 0 Å². The zero-order chi connectivity index (χ0) is 20.7. The van der Waals surface area contributed by atoms with E-state index in [1.54, 1.807) is 23.6 Å². The SMILES string of the molecule is C=CCn1c(NC(=O)C=Cc2cccc([N+](=O)[O-])c2)c(C(=O)OCC)sc1=S. The third-order valence-electron chi connectivity index (χ3n) is 3.42. The number of rotatable bonds is 8. The molecule has 8 nitrogen and oxygen atoms in total. The number of non-ortho nitro benzene ring substituents is 1. The molecule has 1 N–H and O–H groups in total. The average molecular weight is 419 g/mol. The van der Waals surface area contributed by atoms with E-state index < -0.39 is 16.8 Å². The van der Waals surface area contributed by atoms with Crippen LogP contribution in [0, 0.1) is 14.1 Å². The molecule has 146 valence electrons. The third-order valence-corrected chi connectivity index (χ3v) is 4.85. The Bertz CT molecular complexity index is 1010. The maximum absolute atomic E-state index is 12.4. The van der Waals surface area contributed by atoms with E-state index in [9.17, 15) is 19.7 Å². The summed E-state index contributed by atoms with van der Waals surface area (Å²) in [5.41, 5.74) is 0.410. The van der Waals surface area contributed by atoms with Gasteiger partial charge in [-0.2, -0.15) is 0 Å². The summed E-state index contributed by atoms with van der Waals surface area (Å²) in [7, 11) is 0. The lowest BCUT2D eigenvalue weighted by Crippen LogP contribution is -2.16. The highest BCUT2D eigenvalue weighted by molar-refractivity contribution is 7.73. The lowest BCUT2D eigenvalue weighted by atomic mass is 10.2. The molecule has 2 aromatic rings. The summed E-state index contributed by atoms with van der Waals surface area (Å²) in [6, 6.07) is 5.86. The van der Waals surface area contributed by atoms with Gasteiger partial charge in [-0.3, -0.25) is 14.9 Å². The van der Waals surface area contributed by atoms with Gasteiger partial charge in [0.15, 0.2) is 8.83 Å². The van der Waals surface area contributed by atoms with Crippen molar-refractivity contribution >= 4 is 53.0 Å². The van der Waals surface area contributed by atoms with E-state index in [0.717, 1.165) is 11.3 Å². The number of nitro benzene ring substituents is 1. The first-order chi connectivity index (χ1) is 13.4.